The van der Waals surface area contributed by atoms with Crippen LogP contribution in [0.25, 0.3) is 11.0 Å². The number of nitrogens with one attached hydrogen (secondary N) is 1. The zero-order valence-corrected chi connectivity index (χ0v) is 20.0. The molecule has 2 N–H and O–H groups in total. The molecule has 1 saturated heterocycles. The zero-order valence-electron chi connectivity index (χ0n) is 19.3. The van der Waals surface area contributed by atoms with Gasteiger partial charge in [0.2, 0.25) is 0 Å². The highest BCUT2D eigenvalue weighted by atomic mass is 35.5. The molecular formula is C23H22ClF5N6O2. The Labute approximate surface area is 213 Å². The third-order valence-corrected chi connectivity index (χ3v) is 6.03. The summed E-state index contributed by atoms with van der Waals surface area (Å²) in [6, 6.07) is 4.18. The minimum Gasteiger partial charge on any atom is -0.475 e. The number of aliphatic carboxylic acids is 1. The molecule has 1 saturated carbocycles. The number of rotatable bonds is 5. The van der Waals surface area contributed by atoms with Crippen LogP contribution in [0.3, 0.4) is 0 Å². The number of hydrogen-bond donors (Lipinski definition) is 2. The number of fused-ring (bicyclic) bond motifs is 1. The van der Waals surface area contributed by atoms with E-state index in [0.29, 0.717) is 34.2 Å². The molecule has 0 spiro atoms. The molecule has 0 bridgehead atoms. The van der Waals surface area contributed by atoms with Crippen LogP contribution >= 0.6 is 11.6 Å². The van der Waals surface area contributed by atoms with Gasteiger partial charge in [-0.3, -0.25) is 9.88 Å². The first-order valence-electron chi connectivity index (χ1n) is 11.3. The van der Waals surface area contributed by atoms with E-state index < -0.39 is 23.8 Å². The highest BCUT2D eigenvalue weighted by Gasteiger charge is 2.38. The Balaban J connectivity index is 0.000000405. The van der Waals surface area contributed by atoms with Crippen molar-refractivity contribution in [3.8, 4) is 0 Å². The molecule has 5 rings (SSSR count). The van der Waals surface area contributed by atoms with Gasteiger partial charge in [0.15, 0.2) is 11.6 Å². The predicted molar refractivity (Wildman–Crippen MR) is 127 cm³/mol. The summed E-state index contributed by atoms with van der Waals surface area (Å²) in [4.78, 5) is 26.9. The van der Waals surface area contributed by atoms with Crippen LogP contribution in [-0.4, -0.2) is 69.3 Å². The second-order valence-electron chi connectivity index (χ2n) is 8.61. The molecule has 3 heterocycles. The van der Waals surface area contributed by atoms with Gasteiger partial charge in [0, 0.05) is 56.6 Å². The molecule has 198 valence electrons. The SMILES string of the molecule is Fc1ccc(CN2CCN(c3nc4cncc(Cl)c4nc3NC3CC3)CC2)c(F)c1.O=C(O)C(F)(F)F. The number of aromatic nitrogens is 3. The minimum absolute atomic E-state index is 0.429. The third-order valence-electron chi connectivity index (χ3n) is 5.76. The maximum atomic E-state index is 14.0. The quantitative estimate of drug-likeness (QED) is 0.454. The Kier molecular flexibility index (Phi) is 7.93. The summed E-state index contributed by atoms with van der Waals surface area (Å²) < 4.78 is 58.9. The van der Waals surface area contributed by atoms with Crippen molar-refractivity contribution < 1.29 is 31.9 Å². The van der Waals surface area contributed by atoms with Gasteiger partial charge < -0.3 is 15.3 Å². The van der Waals surface area contributed by atoms with E-state index in [1.807, 2.05) is 0 Å². The maximum absolute atomic E-state index is 14.0. The highest BCUT2D eigenvalue weighted by molar-refractivity contribution is 6.34. The maximum Gasteiger partial charge on any atom is 0.490 e. The standard InChI is InChI=1S/C21H21ClF2N6.C2HF3O2/c22-16-10-25-11-18-19(16)28-20(26-15-3-4-15)21(27-18)30-7-5-29(6-8-30)12-13-1-2-14(23)9-17(13)24;3-2(4,5)1(6)7/h1-2,9-11,15H,3-8,12H2,(H,26,28);(H,6,7). The molecule has 14 heteroatoms. The minimum atomic E-state index is -5.08. The van der Waals surface area contributed by atoms with Gasteiger partial charge in [0.05, 0.1) is 11.2 Å². The molecule has 1 aromatic carbocycles. The van der Waals surface area contributed by atoms with E-state index >= 15 is 0 Å². The fourth-order valence-corrected chi connectivity index (χ4v) is 3.88. The predicted octanol–water partition coefficient (Wildman–Crippen LogP) is 4.49. The summed E-state index contributed by atoms with van der Waals surface area (Å²) in [6.45, 7) is 3.41. The van der Waals surface area contributed by atoms with E-state index in [1.54, 1.807) is 12.4 Å². The lowest BCUT2D eigenvalue weighted by Gasteiger charge is -2.36. The van der Waals surface area contributed by atoms with Gasteiger partial charge >= 0.3 is 12.1 Å². The van der Waals surface area contributed by atoms with Gasteiger partial charge in [-0.05, 0) is 18.9 Å². The van der Waals surface area contributed by atoms with Crippen LogP contribution in [0.4, 0.5) is 33.6 Å². The van der Waals surface area contributed by atoms with Crippen molar-refractivity contribution in [3.63, 3.8) is 0 Å². The van der Waals surface area contributed by atoms with Gasteiger partial charge in [-0.2, -0.15) is 13.2 Å². The Morgan fingerprint density at radius 2 is 1.78 bits per heavy atom. The summed E-state index contributed by atoms with van der Waals surface area (Å²) in [7, 11) is 0. The lowest BCUT2D eigenvalue weighted by Crippen LogP contribution is -2.46. The average molecular weight is 545 g/mol. The fourth-order valence-electron chi connectivity index (χ4n) is 3.69. The van der Waals surface area contributed by atoms with Crippen LogP contribution in [0.1, 0.15) is 18.4 Å². The molecule has 0 unspecified atom stereocenters. The lowest BCUT2D eigenvalue weighted by atomic mass is 10.1. The van der Waals surface area contributed by atoms with Gasteiger partial charge in [-0.1, -0.05) is 17.7 Å². The first kappa shape index (κ1) is 26.7. The number of anilines is 2. The Hall–Kier alpha value is -3.32. The molecule has 8 nitrogen and oxygen atoms in total. The average Bonchev–Trinajstić information content (AvgIpc) is 3.65. The number of alkyl halides is 3. The van der Waals surface area contributed by atoms with Crippen molar-refractivity contribution in [1.29, 1.82) is 0 Å². The number of pyridine rings is 1. The molecule has 0 amide bonds. The van der Waals surface area contributed by atoms with Gasteiger partial charge in [-0.15, -0.1) is 0 Å². The van der Waals surface area contributed by atoms with Crippen LogP contribution < -0.4 is 10.2 Å². The Bertz CT molecular complexity index is 1280. The lowest BCUT2D eigenvalue weighted by molar-refractivity contribution is -0.192. The van der Waals surface area contributed by atoms with E-state index in [0.717, 1.165) is 56.7 Å². The second kappa shape index (κ2) is 11.0. The highest BCUT2D eigenvalue weighted by Crippen LogP contribution is 2.32. The summed E-state index contributed by atoms with van der Waals surface area (Å²) in [5, 5.41) is 11.1. The molecule has 0 radical (unpaired) electrons. The normalized spacial score (nSPS) is 16.3. The van der Waals surface area contributed by atoms with Crippen molar-refractivity contribution in [3.05, 3.63) is 52.8 Å². The first-order chi connectivity index (χ1) is 17.5. The molecular weight excluding hydrogens is 523 g/mol. The number of nitrogens with zero attached hydrogens (tertiary/aromatic N) is 5. The summed E-state index contributed by atoms with van der Waals surface area (Å²) in [5.41, 5.74) is 1.81. The summed E-state index contributed by atoms with van der Waals surface area (Å²) >= 11 is 6.27. The van der Waals surface area contributed by atoms with Gasteiger partial charge in [-0.25, -0.2) is 23.5 Å². The topological polar surface area (TPSA) is 94.5 Å². The largest absolute Gasteiger partial charge is 0.490 e. The van der Waals surface area contributed by atoms with Crippen molar-refractivity contribution in [2.75, 3.05) is 36.4 Å². The summed E-state index contributed by atoms with van der Waals surface area (Å²) in [6.07, 6.45) is 0.416. The fraction of sp³-hybridized carbons (Fsp3) is 0.391. The van der Waals surface area contributed by atoms with Crippen LogP contribution in [0, 0.1) is 11.6 Å². The number of carboxylic acids is 1. The third kappa shape index (κ3) is 6.92. The smallest absolute Gasteiger partial charge is 0.475 e. The molecule has 0 atom stereocenters. The number of halogens is 6. The number of hydrogen-bond acceptors (Lipinski definition) is 7. The molecule has 2 aromatic heterocycles. The van der Waals surface area contributed by atoms with Crippen molar-refractivity contribution in [1.82, 2.24) is 19.9 Å². The zero-order chi connectivity index (χ0) is 26.7. The van der Waals surface area contributed by atoms with Crippen LogP contribution in [0.15, 0.2) is 30.6 Å². The van der Waals surface area contributed by atoms with Crippen LogP contribution in [0.5, 0.6) is 0 Å². The number of carboxylic acid groups (broad SMARTS) is 1. The Morgan fingerprint density at radius 3 is 2.38 bits per heavy atom. The molecule has 1 aliphatic carbocycles. The van der Waals surface area contributed by atoms with Gasteiger partial charge in [0.25, 0.3) is 0 Å². The summed E-state index contributed by atoms with van der Waals surface area (Å²) in [5.74, 6) is -2.27. The Morgan fingerprint density at radius 1 is 1.11 bits per heavy atom. The van der Waals surface area contributed by atoms with Crippen molar-refractivity contribution in [2.45, 2.75) is 31.6 Å². The number of piperazine rings is 1. The number of carbonyl (C=O) groups is 1. The van der Waals surface area contributed by atoms with Crippen LogP contribution in [0.2, 0.25) is 5.02 Å². The van der Waals surface area contributed by atoms with E-state index in [9.17, 15) is 22.0 Å². The molecule has 37 heavy (non-hydrogen) atoms. The van der Waals surface area contributed by atoms with E-state index in [-0.39, 0.29) is 0 Å². The molecule has 3 aromatic rings. The second-order valence-corrected chi connectivity index (χ2v) is 9.01. The van der Waals surface area contributed by atoms with Gasteiger partial charge in [0.1, 0.15) is 22.7 Å². The molecule has 2 aliphatic rings. The van der Waals surface area contributed by atoms with E-state index in [4.69, 9.17) is 31.5 Å². The van der Waals surface area contributed by atoms with E-state index in [2.05, 4.69) is 20.1 Å². The monoisotopic (exact) mass is 544 g/mol. The first-order valence-corrected chi connectivity index (χ1v) is 11.7. The van der Waals surface area contributed by atoms with Crippen LogP contribution in [-0.2, 0) is 11.3 Å². The van der Waals surface area contributed by atoms with Crippen molar-refractivity contribution in [2.24, 2.45) is 0 Å². The number of benzene rings is 1. The van der Waals surface area contributed by atoms with E-state index in [1.165, 1.54) is 12.1 Å². The molecule has 1 aliphatic heterocycles. The molecule has 2 fully saturated rings. The van der Waals surface area contributed by atoms with Crippen molar-refractivity contribution >= 4 is 40.2 Å².